The molecule has 2 N–H and O–H groups in total. The summed E-state index contributed by atoms with van der Waals surface area (Å²) in [6.07, 6.45) is -0.740. The molecule has 1 unspecified atom stereocenters. The Labute approximate surface area is 181 Å². The number of ether oxygens (including phenoxy) is 1. The van der Waals surface area contributed by atoms with Crippen molar-refractivity contribution in [3.63, 3.8) is 0 Å². The van der Waals surface area contributed by atoms with E-state index >= 15 is 0 Å². The van der Waals surface area contributed by atoms with Crippen molar-refractivity contribution in [2.45, 2.75) is 26.9 Å². The number of carbonyl (C=O) groups excluding carboxylic acids is 2. The van der Waals surface area contributed by atoms with E-state index in [0.717, 1.165) is 11.1 Å². The van der Waals surface area contributed by atoms with Crippen molar-refractivity contribution in [3.8, 4) is 5.75 Å². The normalized spacial score (nSPS) is 11.5. The van der Waals surface area contributed by atoms with Crippen LogP contribution in [-0.2, 0) is 4.79 Å². The second-order valence-electron chi connectivity index (χ2n) is 7.09. The number of nitrogens with one attached hydrogen (secondary N) is 2. The predicted octanol–water partition coefficient (Wildman–Crippen LogP) is 5.62. The molecule has 0 spiro atoms. The molecule has 0 fully saturated rings. The maximum Gasteiger partial charge on any atom is 0.265 e. The zero-order chi connectivity index (χ0) is 21.7. The van der Waals surface area contributed by atoms with E-state index in [0.29, 0.717) is 27.7 Å². The Morgan fingerprint density at radius 3 is 2.23 bits per heavy atom. The van der Waals surface area contributed by atoms with Crippen LogP contribution in [0.5, 0.6) is 5.75 Å². The lowest BCUT2D eigenvalue weighted by atomic mass is 10.1. The van der Waals surface area contributed by atoms with Crippen molar-refractivity contribution in [3.05, 3.63) is 88.4 Å². The molecule has 154 valence electrons. The minimum Gasteiger partial charge on any atom is -0.481 e. The number of anilines is 2. The van der Waals surface area contributed by atoms with E-state index in [1.807, 2.05) is 50.2 Å². The van der Waals surface area contributed by atoms with E-state index in [2.05, 4.69) is 10.6 Å². The first kappa shape index (κ1) is 21.4. The number of halogens is 1. The molecule has 0 aliphatic heterocycles. The Balaban J connectivity index is 1.71. The summed E-state index contributed by atoms with van der Waals surface area (Å²) < 4.78 is 5.63. The van der Waals surface area contributed by atoms with Gasteiger partial charge in [0.05, 0.1) is 10.7 Å². The average molecular weight is 423 g/mol. The third kappa shape index (κ3) is 5.61. The minimum absolute atomic E-state index is 0.291. The number of benzene rings is 3. The molecule has 0 radical (unpaired) electrons. The molecule has 2 amide bonds. The van der Waals surface area contributed by atoms with Gasteiger partial charge in [-0.25, -0.2) is 0 Å². The number of hydrogen-bond donors (Lipinski definition) is 2. The van der Waals surface area contributed by atoms with Crippen LogP contribution >= 0.6 is 11.6 Å². The van der Waals surface area contributed by atoms with Crippen LogP contribution in [0.4, 0.5) is 11.4 Å². The SMILES string of the molecule is Cc1cc(C)cc(NC(=O)c2ccc(Cl)c(NC(=O)C(C)Oc3ccccc3)c2)c1. The van der Waals surface area contributed by atoms with Crippen molar-refractivity contribution in [2.75, 3.05) is 10.6 Å². The molecule has 0 aliphatic rings. The molecule has 0 aliphatic carbocycles. The summed E-state index contributed by atoms with van der Waals surface area (Å²) in [6, 6.07) is 19.6. The monoisotopic (exact) mass is 422 g/mol. The number of aryl methyl sites for hydroxylation is 2. The van der Waals surface area contributed by atoms with Gasteiger partial charge in [-0.05, 0) is 74.4 Å². The molecule has 0 aromatic heterocycles. The van der Waals surface area contributed by atoms with E-state index in [1.165, 1.54) is 0 Å². The van der Waals surface area contributed by atoms with E-state index in [4.69, 9.17) is 16.3 Å². The second kappa shape index (κ2) is 9.46. The van der Waals surface area contributed by atoms with Crippen LogP contribution in [-0.4, -0.2) is 17.9 Å². The highest BCUT2D eigenvalue weighted by Gasteiger charge is 2.17. The Morgan fingerprint density at radius 2 is 1.57 bits per heavy atom. The van der Waals surface area contributed by atoms with Gasteiger partial charge in [0.1, 0.15) is 5.75 Å². The molecule has 3 rings (SSSR count). The zero-order valence-corrected chi connectivity index (χ0v) is 17.8. The largest absolute Gasteiger partial charge is 0.481 e. The number of para-hydroxylation sites is 1. The van der Waals surface area contributed by atoms with Gasteiger partial charge in [-0.15, -0.1) is 0 Å². The van der Waals surface area contributed by atoms with Crippen molar-refractivity contribution in [1.82, 2.24) is 0 Å². The van der Waals surface area contributed by atoms with Gasteiger partial charge in [0, 0.05) is 11.3 Å². The van der Waals surface area contributed by atoms with Crippen LogP contribution < -0.4 is 15.4 Å². The highest BCUT2D eigenvalue weighted by Crippen LogP contribution is 2.25. The third-order valence-corrected chi connectivity index (χ3v) is 4.72. The lowest BCUT2D eigenvalue weighted by Gasteiger charge is -2.16. The maximum atomic E-state index is 12.7. The van der Waals surface area contributed by atoms with Gasteiger partial charge in [-0.2, -0.15) is 0 Å². The van der Waals surface area contributed by atoms with Crippen molar-refractivity contribution in [1.29, 1.82) is 0 Å². The number of rotatable bonds is 6. The topological polar surface area (TPSA) is 67.4 Å². The van der Waals surface area contributed by atoms with Crippen LogP contribution in [0.25, 0.3) is 0 Å². The fraction of sp³-hybridized carbons (Fsp3) is 0.167. The molecule has 5 nitrogen and oxygen atoms in total. The van der Waals surface area contributed by atoms with Crippen molar-refractivity contribution >= 4 is 34.8 Å². The van der Waals surface area contributed by atoms with Crippen LogP contribution in [0.3, 0.4) is 0 Å². The summed E-state index contributed by atoms with van der Waals surface area (Å²) in [5, 5.41) is 5.94. The average Bonchev–Trinajstić information content (AvgIpc) is 2.69. The van der Waals surface area contributed by atoms with Gasteiger partial charge in [-0.3, -0.25) is 9.59 Å². The maximum absolute atomic E-state index is 12.7. The van der Waals surface area contributed by atoms with E-state index in [-0.39, 0.29) is 11.8 Å². The number of hydrogen-bond acceptors (Lipinski definition) is 3. The van der Waals surface area contributed by atoms with Gasteiger partial charge in [0.25, 0.3) is 11.8 Å². The highest BCUT2D eigenvalue weighted by atomic mass is 35.5. The van der Waals surface area contributed by atoms with Crippen molar-refractivity contribution < 1.29 is 14.3 Å². The summed E-state index contributed by atoms with van der Waals surface area (Å²) in [4.78, 5) is 25.2. The van der Waals surface area contributed by atoms with Gasteiger partial charge in [0.15, 0.2) is 6.10 Å². The first-order chi connectivity index (χ1) is 14.3. The Kier molecular flexibility index (Phi) is 6.75. The van der Waals surface area contributed by atoms with Crippen LogP contribution in [0, 0.1) is 13.8 Å². The first-order valence-electron chi connectivity index (χ1n) is 9.53. The summed E-state index contributed by atoms with van der Waals surface area (Å²) >= 11 is 6.22. The molecule has 30 heavy (non-hydrogen) atoms. The predicted molar refractivity (Wildman–Crippen MR) is 120 cm³/mol. The zero-order valence-electron chi connectivity index (χ0n) is 17.0. The van der Waals surface area contributed by atoms with E-state index in [9.17, 15) is 9.59 Å². The smallest absolute Gasteiger partial charge is 0.265 e. The molecular formula is C24H23ClN2O3. The molecule has 0 saturated heterocycles. The minimum atomic E-state index is -0.740. The van der Waals surface area contributed by atoms with Gasteiger partial charge < -0.3 is 15.4 Å². The molecule has 3 aromatic carbocycles. The second-order valence-corrected chi connectivity index (χ2v) is 7.49. The first-order valence-corrected chi connectivity index (χ1v) is 9.91. The van der Waals surface area contributed by atoms with Crippen molar-refractivity contribution in [2.24, 2.45) is 0 Å². The van der Waals surface area contributed by atoms with Crippen LogP contribution in [0.2, 0.25) is 5.02 Å². The van der Waals surface area contributed by atoms with Gasteiger partial charge in [-0.1, -0.05) is 35.9 Å². The summed E-state index contributed by atoms with van der Waals surface area (Å²) in [5.41, 5.74) is 3.55. The molecule has 0 bridgehead atoms. The highest BCUT2D eigenvalue weighted by molar-refractivity contribution is 6.34. The molecule has 0 heterocycles. The Morgan fingerprint density at radius 1 is 0.900 bits per heavy atom. The molecule has 1 atom stereocenters. The van der Waals surface area contributed by atoms with Gasteiger partial charge in [0.2, 0.25) is 0 Å². The molecule has 3 aromatic rings. The number of carbonyl (C=O) groups is 2. The van der Waals surface area contributed by atoms with E-state index < -0.39 is 6.10 Å². The third-order valence-electron chi connectivity index (χ3n) is 4.39. The van der Waals surface area contributed by atoms with Crippen LogP contribution in [0.1, 0.15) is 28.4 Å². The fourth-order valence-corrected chi connectivity index (χ4v) is 3.17. The number of amides is 2. The molecule has 0 saturated carbocycles. The Hall–Kier alpha value is -3.31. The quantitative estimate of drug-likeness (QED) is 0.542. The van der Waals surface area contributed by atoms with Crippen LogP contribution in [0.15, 0.2) is 66.7 Å². The summed E-state index contributed by atoms with van der Waals surface area (Å²) in [5.74, 6) is -0.0683. The summed E-state index contributed by atoms with van der Waals surface area (Å²) in [6.45, 7) is 5.58. The lowest BCUT2D eigenvalue weighted by Crippen LogP contribution is -2.30. The molecule has 6 heteroatoms. The fourth-order valence-electron chi connectivity index (χ4n) is 3.00. The molecular weight excluding hydrogens is 400 g/mol. The summed E-state index contributed by atoms with van der Waals surface area (Å²) in [7, 11) is 0. The van der Waals surface area contributed by atoms with Gasteiger partial charge >= 0.3 is 0 Å². The van der Waals surface area contributed by atoms with E-state index in [1.54, 1.807) is 37.3 Å². The Bertz CT molecular complexity index is 1050. The lowest BCUT2D eigenvalue weighted by molar-refractivity contribution is -0.122. The standard InChI is InChI=1S/C24H23ClN2O3/c1-15-11-16(2)13-19(12-15)26-24(29)18-9-10-21(25)22(14-18)27-23(28)17(3)30-20-7-5-4-6-8-20/h4-14,17H,1-3H3,(H,26,29)(H,27,28).